The molecule has 1 aromatic heterocycles. The van der Waals surface area contributed by atoms with E-state index in [4.69, 9.17) is 0 Å². The van der Waals surface area contributed by atoms with Gasteiger partial charge >= 0.3 is 0 Å². The number of carbonyl (C=O) groups is 1. The van der Waals surface area contributed by atoms with Crippen molar-refractivity contribution in [1.29, 1.82) is 0 Å². The molecule has 2 nitrogen and oxygen atoms in total. The summed E-state index contributed by atoms with van der Waals surface area (Å²) in [6.07, 6.45) is 0.790. The molecule has 0 aliphatic carbocycles. The predicted octanol–water partition coefficient (Wildman–Crippen LogP) is 2.60. The van der Waals surface area contributed by atoms with Gasteiger partial charge in [-0.2, -0.15) is 0 Å². The Bertz CT molecular complexity index is 528. The number of benzene rings is 1. The van der Waals surface area contributed by atoms with Crippen molar-refractivity contribution >= 4 is 17.2 Å². The van der Waals surface area contributed by atoms with Crippen LogP contribution in [-0.2, 0) is 11.3 Å². The number of aryl methyl sites for hydroxylation is 1. The second kappa shape index (κ2) is 3.50. The molecule has 0 aliphatic rings. The Labute approximate surface area is 87.3 Å². The quantitative estimate of drug-likeness (QED) is 0.691. The molecule has 0 aliphatic heterocycles. The minimum absolute atomic E-state index is 0.205. The fraction of sp³-hybridized carbons (Fsp3) is 0.250. The molecular formula is C12H12FNO. The van der Waals surface area contributed by atoms with Crippen LogP contribution in [0.5, 0.6) is 0 Å². The van der Waals surface area contributed by atoms with Gasteiger partial charge in [0.2, 0.25) is 0 Å². The summed E-state index contributed by atoms with van der Waals surface area (Å²) in [5.41, 5.74) is 2.51. The molecule has 15 heavy (non-hydrogen) atoms. The molecular weight excluding hydrogens is 193 g/mol. The van der Waals surface area contributed by atoms with Crippen LogP contribution < -0.4 is 0 Å². The van der Waals surface area contributed by atoms with Crippen molar-refractivity contribution in [1.82, 2.24) is 4.57 Å². The molecule has 3 heteroatoms. The van der Waals surface area contributed by atoms with Crippen LogP contribution in [0.15, 0.2) is 18.2 Å². The highest BCUT2D eigenvalue weighted by molar-refractivity contribution is 5.86. The van der Waals surface area contributed by atoms with E-state index < -0.39 is 0 Å². The van der Waals surface area contributed by atoms with Gasteiger partial charge in [-0.05, 0) is 25.5 Å². The number of fused-ring (bicyclic) bond motifs is 1. The minimum atomic E-state index is -0.273. The molecule has 0 unspecified atom stereocenters. The monoisotopic (exact) mass is 205 g/mol. The van der Waals surface area contributed by atoms with E-state index in [2.05, 4.69) is 0 Å². The first kappa shape index (κ1) is 9.90. The van der Waals surface area contributed by atoms with Crippen LogP contribution in [0.2, 0.25) is 0 Å². The number of aldehydes is 1. The maximum Gasteiger partial charge on any atom is 0.147 e. The van der Waals surface area contributed by atoms with Crippen LogP contribution in [-0.4, -0.2) is 10.9 Å². The van der Waals surface area contributed by atoms with Crippen LogP contribution in [0.25, 0.3) is 10.9 Å². The van der Waals surface area contributed by atoms with Crippen molar-refractivity contribution in [2.24, 2.45) is 0 Å². The first-order valence-corrected chi connectivity index (χ1v) is 4.84. The van der Waals surface area contributed by atoms with Crippen LogP contribution >= 0.6 is 0 Å². The van der Waals surface area contributed by atoms with E-state index in [1.54, 1.807) is 10.6 Å². The largest absolute Gasteiger partial charge is 0.335 e. The van der Waals surface area contributed by atoms with Gasteiger partial charge in [-0.1, -0.05) is 12.1 Å². The zero-order chi connectivity index (χ0) is 11.0. The minimum Gasteiger partial charge on any atom is -0.335 e. The summed E-state index contributed by atoms with van der Waals surface area (Å²) in [7, 11) is 0. The normalized spacial score (nSPS) is 10.9. The summed E-state index contributed by atoms with van der Waals surface area (Å²) in [5, 5.41) is 0.884. The fourth-order valence-electron chi connectivity index (χ4n) is 1.96. The SMILES string of the molecule is Cc1c(C)n(CC=O)c2c(F)cccc12. The van der Waals surface area contributed by atoms with Crippen LogP contribution in [0.1, 0.15) is 11.3 Å². The number of para-hydroxylation sites is 1. The van der Waals surface area contributed by atoms with E-state index in [0.717, 1.165) is 22.9 Å². The van der Waals surface area contributed by atoms with E-state index in [1.807, 2.05) is 19.9 Å². The number of halogens is 1. The highest BCUT2D eigenvalue weighted by Crippen LogP contribution is 2.26. The van der Waals surface area contributed by atoms with Crippen LogP contribution in [0.3, 0.4) is 0 Å². The lowest BCUT2D eigenvalue weighted by molar-refractivity contribution is -0.108. The standard InChI is InChI=1S/C12H12FNO/c1-8-9(2)14(6-7-15)12-10(8)4-3-5-11(12)13/h3-5,7H,6H2,1-2H3. The summed E-state index contributed by atoms with van der Waals surface area (Å²) < 4.78 is 15.3. The van der Waals surface area contributed by atoms with Crippen molar-refractivity contribution in [3.8, 4) is 0 Å². The van der Waals surface area contributed by atoms with E-state index in [9.17, 15) is 9.18 Å². The highest BCUT2D eigenvalue weighted by atomic mass is 19.1. The molecule has 1 aromatic carbocycles. The third kappa shape index (κ3) is 1.35. The second-order valence-corrected chi connectivity index (χ2v) is 3.62. The van der Waals surface area contributed by atoms with Crippen molar-refractivity contribution < 1.29 is 9.18 Å². The molecule has 0 radical (unpaired) electrons. The van der Waals surface area contributed by atoms with E-state index in [0.29, 0.717) is 5.52 Å². The Morgan fingerprint density at radius 3 is 2.80 bits per heavy atom. The first-order valence-electron chi connectivity index (χ1n) is 4.84. The van der Waals surface area contributed by atoms with Gasteiger partial charge in [0.05, 0.1) is 12.1 Å². The molecule has 0 fully saturated rings. The van der Waals surface area contributed by atoms with E-state index in [-0.39, 0.29) is 12.4 Å². The maximum absolute atomic E-state index is 13.6. The molecule has 0 bridgehead atoms. The smallest absolute Gasteiger partial charge is 0.147 e. The molecule has 0 spiro atoms. The zero-order valence-electron chi connectivity index (χ0n) is 8.75. The van der Waals surface area contributed by atoms with Gasteiger partial charge in [0.1, 0.15) is 12.1 Å². The number of hydrogen-bond donors (Lipinski definition) is 0. The number of aromatic nitrogens is 1. The molecule has 0 N–H and O–H groups in total. The van der Waals surface area contributed by atoms with Gasteiger partial charge in [-0.25, -0.2) is 4.39 Å². The average Bonchev–Trinajstić information content (AvgIpc) is 2.46. The van der Waals surface area contributed by atoms with Crippen molar-refractivity contribution in [3.63, 3.8) is 0 Å². The molecule has 78 valence electrons. The van der Waals surface area contributed by atoms with Gasteiger partial charge in [0, 0.05) is 11.1 Å². The van der Waals surface area contributed by atoms with E-state index >= 15 is 0 Å². The summed E-state index contributed by atoms with van der Waals surface area (Å²) in [5.74, 6) is -0.273. The Morgan fingerprint density at radius 1 is 1.40 bits per heavy atom. The van der Waals surface area contributed by atoms with E-state index in [1.165, 1.54) is 6.07 Å². The molecule has 0 saturated heterocycles. The first-order chi connectivity index (χ1) is 7.16. The highest BCUT2D eigenvalue weighted by Gasteiger charge is 2.13. The fourth-order valence-corrected chi connectivity index (χ4v) is 1.96. The maximum atomic E-state index is 13.6. The lowest BCUT2D eigenvalue weighted by atomic mass is 10.1. The molecule has 1 heterocycles. The van der Waals surface area contributed by atoms with Crippen molar-refractivity contribution in [2.75, 3.05) is 0 Å². The Kier molecular flexibility index (Phi) is 2.31. The summed E-state index contributed by atoms with van der Waals surface area (Å²) in [6, 6.07) is 4.99. The zero-order valence-corrected chi connectivity index (χ0v) is 8.75. The van der Waals surface area contributed by atoms with Crippen molar-refractivity contribution in [2.45, 2.75) is 20.4 Å². The topological polar surface area (TPSA) is 22.0 Å². The summed E-state index contributed by atoms with van der Waals surface area (Å²) in [6.45, 7) is 4.05. The Balaban J connectivity index is 2.88. The van der Waals surface area contributed by atoms with Gasteiger partial charge in [-0.3, -0.25) is 0 Å². The third-order valence-corrected chi connectivity index (χ3v) is 2.87. The van der Waals surface area contributed by atoms with Crippen LogP contribution in [0, 0.1) is 19.7 Å². The molecule has 0 amide bonds. The molecule has 2 aromatic rings. The molecule has 0 atom stereocenters. The van der Waals surface area contributed by atoms with Gasteiger partial charge < -0.3 is 9.36 Å². The number of rotatable bonds is 2. The third-order valence-electron chi connectivity index (χ3n) is 2.87. The lowest BCUT2D eigenvalue weighted by Gasteiger charge is -2.03. The predicted molar refractivity (Wildman–Crippen MR) is 57.4 cm³/mol. The molecule has 2 rings (SSSR count). The number of hydrogen-bond acceptors (Lipinski definition) is 1. The van der Waals surface area contributed by atoms with Gasteiger partial charge in [-0.15, -0.1) is 0 Å². The lowest BCUT2D eigenvalue weighted by Crippen LogP contribution is -2.02. The van der Waals surface area contributed by atoms with Gasteiger partial charge in [0.15, 0.2) is 0 Å². The van der Waals surface area contributed by atoms with Crippen LogP contribution in [0.4, 0.5) is 4.39 Å². The van der Waals surface area contributed by atoms with Crippen molar-refractivity contribution in [3.05, 3.63) is 35.3 Å². The number of carbonyl (C=O) groups excluding carboxylic acids is 1. The Hall–Kier alpha value is -1.64. The molecule has 0 saturated carbocycles. The van der Waals surface area contributed by atoms with Gasteiger partial charge in [0.25, 0.3) is 0 Å². The number of nitrogens with zero attached hydrogens (tertiary/aromatic N) is 1. The summed E-state index contributed by atoms with van der Waals surface area (Å²) >= 11 is 0. The Morgan fingerprint density at radius 2 is 2.13 bits per heavy atom. The average molecular weight is 205 g/mol. The summed E-state index contributed by atoms with van der Waals surface area (Å²) in [4.78, 5) is 10.5. The second-order valence-electron chi connectivity index (χ2n) is 3.62.